The lowest BCUT2D eigenvalue weighted by molar-refractivity contribution is 0.328. The van der Waals surface area contributed by atoms with E-state index in [1.54, 1.807) is 0 Å². The normalized spacial score (nSPS) is 14.2. The highest BCUT2D eigenvalue weighted by atomic mass is 28.4. The van der Waals surface area contributed by atoms with E-state index in [2.05, 4.69) is 104 Å². The first-order valence-electron chi connectivity index (χ1n) is 9.25. The first-order chi connectivity index (χ1) is 11.2. The van der Waals surface area contributed by atoms with Gasteiger partial charge in [-0.15, -0.1) is 0 Å². The summed E-state index contributed by atoms with van der Waals surface area (Å²) in [5.74, 6) is 0.973. The summed E-state index contributed by atoms with van der Waals surface area (Å²) in [5, 5.41) is 0.468. The molecule has 0 saturated heterocycles. The van der Waals surface area contributed by atoms with Gasteiger partial charge in [-0.25, -0.2) is 0 Å². The number of hydrogen-bond donors (Lipinski definition) is 0. The predicted molar refractivity (Wildman–Crippen MR) is 116 cm³/mol. The summed E-state index contributed by atoms with van der Waals surface area (Å²) in [6, 6.07) is 8.39. The molecule has 1 aromatic carbocycles. The third-order valence-electron chi connectivity index (χ3n) is 5.72. The molecule has 0 amide bonds. The quantitative estimate of drug-likeness (QED) is 0.491. The van der Waals surface area contributed by atoms with Crippen molar-refractivity contribution in [3.05, 3.63) is 35.9 Å². The van der Waals surface area contributed by atoms with Gasteiger partial charge in [0.1, 0.15) is 5.75 Å². The van der Waals surface area contributed by atoms with Gasteiger partial charge in [-0.05, 0) is 54.0 Å². The lowest BCUT2D eigenvalue weighted by Crippen LogP contribution is -2.43. The molecule has 0 atom stereocenters. The van der Waals surface area contributed by atoms with Gasteiger partial charge >= 0.3 is 0 Å². The van der Waals surface area contributed by atoms with Crippen molar-refractivity contribution >= 4 is 22.7 Å². The number of hydrogen-bond acceptors (Lipinski definition) is 2. The lowest BCUT2D eigenvalue weighted by atomic mass is 10.2. The molecule has 0 fully saturated rings. The van der Waals surface area contributed by atoms with Gasteiger partial charge in [0.25, 0.3) is 0 Å². The molecule has 0 bridgehead atoms. The van der Waals surface area contributed by atoms with Crippen molar-refractivity contribution in [2.75, 3.05) is 6.61 Å². The van der Waals surface area contributed by atoms with Gasteiger partial charge in [-0.3, -0.25) is 0 Å². The molecule has 0 aliphatic heterocycles. The molecule has 0 saturated carbocycles. The van der Waals surface area contributed by atoms with E-state index < -0.39 is 16.6 Å². The first-order valence-corrected chi connectivity index (χ1v) is 15.1. The average Bonchev–Trinajstić information content (AvgIpc) is 2.42. The fourth-order valence-electron chi connectivity index (χ4n) is 1.75. The largest absolute Gasteiger partial charge is 0.544 e. The minimum Gasteiger partial charge on any atom is -0.544 e. The highest BCUT2D eigenvalue weighted by molar-refractivity contribution is 6.75. The Morgan fingerprint density at radius 2 is 1.28 bits per heavy atom. The first kappa shape index (κ1) is 22.2. The van der Waals surface area contributed by atoms with Gasteiger partial charge in [0, 0.05) is 0 Å². The molecule has 0 N–H and O–H groups in total. The van der Waals surface area contributed by atoms with Crippen LogP contribution < -0.4 is 4.43 Å². The van der Waals surface area contributed by atoms with Gasteiger partial charge in [0.2, 0.25) is 8.32 Å². The molecular weight excluding hydrogens is 340 g/mol. The van der Waals surface area contributed by atoms with E-state index in [1.165, 1.54) is 5.56 Å². The highest BCUT2D eigenvalue weighted by Gasteiger charge is 2.39. The smallest absolute Gasteiger partial charge is 0.250 e. The van der Waals surface area contributed by atoms with Gasteiger partial charge < -0.3 is 8.85 Å². The molecule has 2 nitrogen and oxygen atoms in total. The Kier molecular flexibility index (Phi) is 6.93. The van der Waals surface area contributed by atoms with Crippen molar-refractivity contribution < 1.29 is 8.85 Å². The van der Waals surface area contributed by atoms with Crippen LogP contribution in [0.25, 0.3) is 6.08 Å². The molecule has 0 aliphatic carbocycles. The van der Waals surface area contributed by atoms with Crippen LogP contribution in [0.2, 0.25) is 36.3 Å². The standard InChI is InChI=1S/C21H38O2Si2/c1-20(2,3)24(7,8)22-17-11-12-18-13-15-19(16-14-18)23-25(9,10)21(4,5)6/h11-16H,17H2,1-10H3/b12-11+. The Morgan fingerprint density at radius 1 is 0.800 bits per heavy atom. The minimum atomic E-state index is -1.77. The Morgan fingerprint density at radius 3 is 1.72 bits per heavy atom. The van der Waals surface area contributed by atoms with Crippen LogP contribution in [0, 0.1) is 0 Å². The van der Waals surface area contributed by atoms with Crippen molar-refractivity contribution in [3.8, 4) is 5.75 Å². The molecule has 0 spiro atoms. The molecule has 25 heavy (non-hydrogen) atoms. The van der Waals surface area contributed by atoms with E-state index >= 15 is 0 Å². The second-order valence-corrected chi connectivity index (χ2v) is 19.4. The third-order valence-corrected chi connectivity index (χ3v) is 14.6. The van der Waals surface area contributed by atoms with Crippen molar-refractivity contribution in [3.63, 3.8) is 0 Å². The van der Waals surface area contributed by atoms with Crippen molar-refractivity contribution in [1.82, 2.24) is 0 Å². The van der Waals surface area contributed by atoms with Crippen LogP contribution in [0.4, 0.5) is 0 Å². The second-order valence-electron chi connectivity index (χ2n) is 9.91. The van der Waals surface area contributed by atoms with Crippen molar-refractivity contribution in [1.29, 1.82) is 0 Å². The summed E-state index contributed by atoms with van der Waals surface area (Å²) in [7, 11) is -3.43. The molecule has 0 unspecified atom stereocenters. The second kappa shape index (κ2) is 7.81. The van der Waals surface area contributed by atoms with Crippen LogP contribution in [0.1, 0.15) is 47.1 Å². The molecule has 1 rings (SSSR count). The van der Waals surface area contributed by atoms with Gasteiger partial charge in [-0.2, -0.15) is 0 Å². The molecule has 0 aliphatic rings. The van der Waals surface area contributed by atoms with E-state index in [1.807, 2.05) is 0 Å². The fraction of sp³-hybridized carbons (Fsp3) is 0.619. The predicted octanol–water partition coefficient (Wildman–Crippen LogP) is 7.11. The Bertz CT molecular complexity index is 573. The van der Waals surface area contributed by atoms with Crippen LogP contribution in [-0.4, -0.2) is 23.2 Å². The summed E-state index contributed by atoms with van der Waals surface area (Å²) < 4.78 is 12.5. The van der Waals surface area contributed by atoms with Crippen LogP contribution >= 0.6 is 0 Å². The highest BCUT2D eigenvalue weighted by Crippen LogP contribution is 2.37. The Balaban J connectivity index is 2.63. The fourth-order valence-corrected chi connectivity index (χ4v) is 3.73. The lowest BCUT2D eigenvalue weighted by Gasteiger charge is -2.36. The summed E-state index contributed by atoms with van der Waals surface area (Å²) in [5.41, 5.74) is 1.18. The van der Waals surface area contributed by atoms with Crippen LogP contribution in [0.3, 0.4) is 0 Å². The summed E-state index contributed by atoms with van der Waals surface area (Å²) in [6.45, 7) is 23.4. The topological polar surface area (TPSA) is 18.5 Å². The molecule has 0 aromatic heterocycles. The maximum Gasteiger partial charge on any atom is 0.250 e. The van der Waals surface area contributed by atoms with E-state index in [-0.39, 0.29) is 10.1 Å². The number of rotatable bonds is 6. The average molecular weight is 379 g/mol. The molecular formula is C21H38O2Si2. The molecule has 0 radical (unpaired) electrons. The van der Waals surface area contributed by atoms with E-state index in [0.29, 0.717) is 6.61 Å². The summed E-state index contributed by atoms with van der Waals surface area (Å²) in [6.07, 6.45) is 4.24. The zero-order valence-corrected chi connectivity index (χ0v) is 20.0. The Labute approximate surface area is 157 Å². The van der Waals surface area contributed by atoms with Crippen LogP contribution in [0.5, 0.6) is 5.75 Å². The van der Waals surface area contributed by atoms with Crippen LogP contribution in [-0.2, 0) is 4.43 Å². The van der Waals surface area contributed by atoms with Crippen LogP contribution in [0.15, 0.2) is 30.3 Å². The summed E-state index contributed by atoms with van der Waals surface area (Å²) >= 11 is 0. The van der Waals surface area contributed by atoms with E-state index in [9.17, 15) is 0 Å². The van der Waals surface area contributed by atoms with E-state index in [0.717, 1.165) is 5.75 Å². The third kappa shape index (κ3) is 6.43. The van der Waals surface area contributed by atoms with Crippen molar-refractivity contribution in [2.45, 2.75) is 77.8 Å². The number of benzene rings is 1. The minimum absolute atomic E-state index is 0.215. The SMILES string of the molecule is CC(C)(C)[Si](C)(C)OC/C=C/c1ccc(O[Si](C)(C)C(C)(C)C)cc1. The zero-order valence-electron chi connectivity index (χ0n) is 18.0. The maximum absolute atomic E-state index is 6.32. The molecule has 142 valence electrons. The zero-order chi connectivity index (χ0) is 19.5. The van der Waals surface area contributed by atoms with Gasteiger partial charge in [0.05, 0.1) is 6.61 Å². The van der Waals surface area contributed by atoms with Crippen molar-refractivity contribution in [2.24, 2.45) is 0 Å². The maximum atomic E-state index is 6.32. The van der Waals surface area contributed by atoms with Gasteiger partial charge in [0.15, 0.2) is 8.32 Å². The summed E-state index contributed by atoms with van der Waals surface area (Å²) in [4.78, 5) is 0. The molecule has 0 heterocycles. The van der Waals surface area contributed by atoms with E-state index in [4.69, 9.17) is 8.85 Å². The monoisotopic (exact) mass is 378 g/mol. The molecule has 1 aromatic rings. The molecule has 4 heteroatoms. The van der Waals surface area contributed by atoms with Gasteiger partial charge in [-0.1, -0.05) is 65.8 Å². The Hall–Kier alpha value is -0.846.